The van der Waals surface area contributed by atoms with Crippen molar-refractivity contribution in [2.24, 2.45) is 0 Å². The number of pyridine rings is 1. The molecule has 0 aromatic carbocycles. The van der Waals surface area contributed by atoms with Crippen LogP contribution < -0.4 is 10.2 Å². The lowest BCUT2D eigenvalue weighted by atomic mass is 9.80. The molecule has 23 heavy (non-hydrogen) atoms. The molecule has 8 heteroatoms. The van der Waals surface area contributed by atoms with Crippen LogP contribution in [0.3, 0.4) is 0 Å². The van der Waals surface area contributed by atoms with Crippen LogP contribution >= 0.6 is 0 Å². The number of nitrogens with zero attached hydrogens (tertiary/aromatic N) is 1. The van der Waals surface area contributed by atoms with Gasteiger partial charge in [0, 0.05) is 24.5 Å². The molecule has 1 aromatic heterocycles. The molecular weight excluding hydrogens is 310 g/mol. The fourth-order valence-corrected chi connectivity index (χ4v) is 2.48. The first kappa shape index (κ1) is 16.6. The van der Waals surface area contributed by atoms with E-state index in [1.54, 1.807) is 0 Å². The summed E-state index contributed by atoms with van der Waals surface area (Å²) < 4.78 is 56.5. The minimum absolute atomic E-state index is 0.272. The van der Waals surface area contributed by atoms with E-state index in [0.717, 1.165) is 0 Å². The van der Waals surface area contributed by atoms with E-state index >= 15 is 0 Å². The van der Waals surface area contributed by atoms with Crippen molar-refractivity contribution in [1.82, 2.24) is 4.98 Å². The third-order valence-electron chi connectivity index (χ3n) is 4.68. The van der Waals surface area contributed by atoms with Gasteiger partial charge in [-0.3, -0.25) is 0 Å². The van der Waals surface area contributed by atoms with Gasteiger partial charge in [-0.2, -0.15) is 0 Å². The number of rotatable bonds is 3. The van der Waals surface area contributed by atoms with Gasteiger partial charge < -0.3 is 14.0 Å². The summed E-state index contributed by atoms with van der Waals surface area (Å²) >= 11 is 0. The SMILES string of the molecule is CC1(C)OB(c2cnc(OC3CC(F)(F)C3)c(F)c2)OC1(C)C. The van der Waals surface area contributed by atoms with Gasteiger partial charge in [-0.05, 0) is 33.8 Å². The molecule has 1 saturated carbocycles. The second-order valence-corrected chi connectivity index (χ2v) is 7.15. The van der Waals surface area contributed by atoms with Crippen molar-refractivity contribution < 1.29 is 27.2 Å². The molecule has 1 saturated heterocycles. The Balaban J connectivity index is 1.71. The maximum absolute atomic E-state index is 14.1. The standard InChI is InChI=1S/C15H19BF3NO3/c1-13(2)14(3,4)23-16(22-13)9-5-11(17)12(20-8-9)21-10-6-15(18,19)7-10/h5,8,10H,6-7H2,1-4H3. The molecule has 0 amide bonds. The Morgan fingerprint density at radius 2 is 1.74 bits per heavy atom. The van der Waals surface area contributed by atoms with E-state index in [1.807, 2.05) is 27.7 Å². The van der Waals surface area contributed by atoms with Crippen LogP contribution in [0.4, 0.5) is 13.2 Å². The fourth-order valence-electron chi connectivity index (χ4n) is 2.48. The Morgan fingerprint density at radius 3 is 2.22 bits per heavy atom. The van der Waals surface area contributed by atoms with Crippen LogP contribution in [0, 0.1) is 5.82 Å². The number of hydrogen-bond acceptors (Lipinski definition) is 4. The Morgan fingerprint density at radius 1 is 1.17 bits per heavy atom. The van der Waals surface area contributed by atoms with Crippen molar-refractivity contribution in [3.05, 3.63) is 18.1 Å². The van der Waals surface area contributed by atoms with Crippen molar-refractivity contribution in [3.63, 3.8) is 0 Å². The van der Waals surface area contributed by atoms with Gasteiger partial charge in [-0.25, -0.2) is 18.2 Å². The van der Waals surface area contributed by atoms with Gasteiger partial charge in [0.1, 0.15) is 6.10 Å². The van der Waals surface area contributed by atoms with E-state index < -0.39 is 49.0 Å². The second kappa shape index (κ2) is 5.11. The quantitative estimate of drug-likeness (QED) is 0.800. The van der Waals surface area contributed by atoms with E-state index in [1.165, 1.54) is 12.3 Å². The zero-order chi connectivity index (χ0) is 17.0. The molecule has 0 unspecified atom stereocenters. The van der Waals surface area contributed by atoms with E-state index in [4.69, 9.17) is 14.0 Å². The van der Waals surface area contributed by atoms with Crippen LogP contribution in [-0.2, 0) is 9.31 Å². The Labute approximate surface area is 133 Å². The summed E-state index contributed by atoms with van der Waals surface area (Å²) in [6, 6.07) is 1.21. The summed E-state index contributed by atoms with van der Waals surface area (Å²) in [5, 5.41) is 0. The Kier molecular flexibility index (Phi) is 3.68. The molecule has 2 heterocycles. The third kappa shape index (κ3) is 3.06. The Bertz CT molecular complexity index is 600. The first-order valence-corrected chi connectivity index (χ1v) is 7.55. The average Bonchev–Trinajstić information content (AvgIpc) is 2.58. The van der Waals surface area contributed by atoms with E-state index in [-0.39, 0.29) is 5.88 Å². The lowest BCUT2D eigenvalue weighted by molar-refractivity contribution is -0.136. The molecule has 2 aliphatic rings. The summed E-state index contributed by atoms with van der Waals surface area (Å²) in [6.07, 6.45) is -0.132. The van der Waals surface area contributed by atoms with Crippen molar-refractivity contribution >= 4 is 12.6 Å². The molecule has 0 bridgehead atoms. The highest BCUT2D eigenvalue weighted by atomic mass is 19.3. The third-order valence-corrected chi connectivity index (χ3v) is 4.68. The van der Waals surface area contributed by atoms with Crippen LogP contribution in [0.15, 0.2) is 12.3 Å². The minimum atomic E-state index is -2.72. The molecule has 1 aliphatic carbocycles. The topological polar surface area (TPSA) is 40.6 Å². The zero-order valence-corrected chi connectivity index (χ0v) is 13.5. The predicted octanol–water partition coefficient (Wildman–Crippen LogP) is 2.70. The van der Waals surface area contributed by atoms with Gasteiger partial charge in [0.25, 0.3) is 11.8 Å². The fraction of sp³-hybridized carbons (Fsp3) is 0.667. The summed E-state index contributed by atoms with van der Waals surface area (Å²) in [7, 11) is -0.732. The number of alkyl halides is 2. The average molecular weight is 329 g/mol. The van der Waals surface area contributed by atoms with Gasteiger partial charge in [-0.15, -0.1) is 0 Å². The molecule has 1 aromatic rings. The van der Waals surface area contributed by atoms with Crippen molar-refractivity contribution in [1.29, 1.82) is 0 Å². The van der Waals surface area contributed by atoms with Crippen LogP contribution in [0.25, 0.3) is 0 Å². The van der Waals surface area contributed by atoms with E-state index in [9.17, 15) is 13.2 Å². The van der Waals surface area contributed by atoms with Gasteiger partial charge in [0.2, 0.25) is 0 Å². The molecule has 0 spiro atoms. The highest BCUT2D eigenvalue weighted by Gasteiger charge is 2.52. The lowest BCUT2D eigenvalue weighted by Crippen LogP contribution is -2.43. The van der Waals surface area contributed by atoms with Gasteiger partial charge in [0.05, 0.1) is 11.2 Å². The number of halogens is 3. The second-order valence-electron chi connectivity index (χ2n) is 7.15. The molecular formula is C15H19BF3NO3. The van der Waals surface area contributed by atoms with Gasteiger partial charge in [0.15, 0.2) is 5.82 Å². The van der Waals surface area contributed by atoms with Gasteiger partial charge >= 0.3 is 7.12 Å². The highest BCUT2D eigenvalue weighted by molar-refractivity contribution is 6.62. The summed E-state index contributed by atoms with van der Waals surface area (Å²) in [4.78, 5) is 3.89. The van der Waals surface area contributed by atoms with E-state index in [0.29, 0.717) is 5.46 Å². The zero-order valence-electron chi connectivity index (χ0n) is 13.5. The molecule has 126 valence electrons. The van der Waals surface area contributed by atoms with Crippen molar-refractivity contribution in [2.75, 3.05) is 0 Å². The smallest absolute Gasteiger partial charge is 0.472 e. The van der Waals surface area contributed by atoms with Crippen molar-refractivity contribution in [2.45, 2.75) is 63.8 Å². The predicted molar refractivity (Wildman–Crippen MR) is 78.5 cm³/mol. The number of hydrogen-bond donors (Lipinski definition) is 0. The highest BCUT2D eigenvalue weighted by Crippen LogP contribution is 2.40. The Hall–Kier alpha value is -1.28. The molecule has 0 N–H and O–H groups in total. The normalized spacial score (nSPS) is 25.3. The van der Waals surface area contributed by atoms with Crippen LogP contribution in [0.5, 0.6) is 5.88 Å². The molecule has 4 nitrogen and oxygen atoms in total. The maximum atomic E-state index is 14.1. The van der Waals surface area contributed by atoms with Crippen LogP contribution in [0.1, 0.15) is 40.5 Å². The molecule has 0 atom stereocenters. The minimum Gasteiger partial charge on any atom is -0.472 e. The van der Waals surface area contributed by atoms with Crippen molar-refractivity contribution in [3.8, 4) is 5.88 Å². The molecule has 0 radical (unpaired) electrons. The monoisotopic (exact) mass is 329 g/mol. The number of ether oxygens (including phenoxy) is 1. The summed E-state index contributed by atoms with van der Waals surface area (Å²) in [6.45, 7) is 7.58. The molecule has 3 rings (SSSR count). The molecule has 1 aliphatic heterocycles. The van der Waals surface area contributed by atoms with Crippen LogP contribution in [0.2, 0.25) is 0 Å². The largest absolute Gasteiger partial charge is 0.496 e. The molecule has 2 fully saturated rings. The number of aromatic nitrogens is 1. The lowest BCUT2D eigenvalue weighted by Gasteiger charge is -2.34. The van der Waals surface area contributed by atoms with E-state index in [2.05, 4.69) is 4.98 Å². The summed E-state index contributed by atoms with van der Waals surface area (Å²) in [5.74, 6) is -3.71. The summed E-state index contributed by atoms with van der Waals surface area (Å²) in [5.41, 5.74) is -0.658. The first-order chi connectivity index (χ1) is 10.5. The van der Waals surface area contributed by atoms with Crippen LogP contribution in [-0.4, -0.2) is 35.3 Å². The van der Waals surface area contributed by atoms with Gasteiger partial charge in [-0.1, -0.05) is 0 Å². The first-order valence-electron chi connectivity index (χ1n) is 7.55. The maximum Gasteiger partial charge on any atom is 0.496 e.